The van der Waals surface area contributed by atoms with E-state index in [2.05, 4.69) is 0 Å². The van der Waals surface area contributed by atoms with E-state index in [0.717, 1.165) is 0 Å². The van der Waals surface area contributed by atoms with Gasteiger partial charge in [0.2, 0.25) is 0 Å². The van der Waals surface area contributed by atoms with Crippen LogP contribution in [0.1, 0.15) is 41.5 Å². The fourth-order valence-electron chi connectivity index (χ4n) is 2.33. The zero-order valence-electron chi connectivity index (χ0n) is 12.5. The van der Waals surface area contributed by atoms with Crippen molar-refractivity contribution < 1.29 is 24.5 Å². The number of nitrogens with zero attached hydrogens (tertiary/aromatic N) is 1. The molecule has 1 aliphatic heterocycles. The monoisotopic (exact) mass is 275 g/mol. The maximum atomic E-state index is 12.2. The summed E-state index contributed by atoms with van der Waals surface area (Å²) in [6, 6.07) is -0.382. The van der Waals surface area contributed by atoms with Crippen molar-refractivity contribution in [2.75, 3.05) is 6.61 Å². The van der Waals surface area contributed by atoms with Crippen molar-refractivity contribution >= 4 is 6.09 Å². The summed E-state index contributed by atoms with van der Waals surface area (Å²) < 4.78 is 11.0. The highest BCUT2D eigenvalue weighted by Gasteiger charge is 2.51. The van der Waals surface area contributed by atoms with Crippen LogP contribution in [0.2, 0.25) is 0 Å². The Labute approximate surface area is 114 Å². The van der Waals surface area contributed by atoms with Crippen molar-refractivity contribution in [3.63, 3.8) is 0 Å². The molecular weight excluding hydrogens is 250 g/mol. The average Bonchev–Trinajstić information content (AvgIpc) is 2.45. The lowest BCUT2D eigenvalue weighted by Crippen LogP contribution is -2.50. The molecule has 1 aliphatic rings. The van der Waals surface area contributed by atoms with E-state index in [-0.39, 0.29) is 6.04 Å². The summed E-state index contributed by atoms with van der Waals surface area (Å²) in [5, 5.41) is 18.8. The first-order valence-corrected chi connectivity index (χ1v) is 6.48. The van der Waals surface area contributed by atoms with Gasteiger partial charge in [-0.1, -0.05) is 0 Å². The Morgan fingerprint density at radius 3 is 2.42 bits per heavy atom. The van der Waals surface area contributed by atoms with Gasteiger partial charge in [0.05, 0.1) is 12.6 Å². The number of rotatable bonds is 2. The highest BCUT2D eigenvalue weighted by atomic mass is 16.6. The second-order valence-electron chi connectivity index (χ2n) is 6.37. The lowest BCUT2D eigenvalue weighted by molar-refractivity contribution is -0.110. The van der Waals surface area contributed by atoms with Crippen LogP contribution in [-0.4, -0.2) is 57.4 Å². The normalized spacial score (nSPS) is 28.3. The van der Waals surface area contributed by atoms with Gasteiger partial charge in [0.1, 0.15) is 23.5 Å². The first-order chi connectivity index (χ1) is 8.49. The number of carbonyl (C=O) groups is 1. The van der Waals surface area contributed by atoms with Gasteiger partial charge in [0.25, 0.3) is 0 Å². The molecule has 1 amide bonds. The Hall–Kier alpha value is -0.850. The molecule has 2 N–H and O–H groups in total. The Kier molecular flexibility index (Phi) is 4.49. The van der Waals surface area contributed by atoms with E-state index in [1.807, 2.05) is 0 Å². The first kappa shape index (κ1) is 16.2. The van der Waals surface area contributed by atoms with Crippen molar-refractivity contribution in [1.82, 2.24) is 4.90 Å². The van der Waals surface area contributed by atoms with Crippen molar-refractivity contribution in [2.24, 2.45) is 0 Å². The van der Waals surface area contributed by atoms with Crippen LogP contribution in [-0.2, 0) is 9.47 Å². The molecule has 0 spiro atoms. The van der Waals surface area contributed by atoms with Gasteiger partial charge < -0.3 is 19.7 Å². The van der Waals surface area contributed by atoms with Gasteiger partial charge in [-0.3, -0.25) is 4.90 Å². The largest absolute Gasteiger partial charge is 0.444 e. The molecule has 19 heavy (non-hydrogen) atoms. The van der Waals surface area contributed by atoms with E-state index >= 15 is 0 Å². The Morgan fingerprint density at radius 2 is 2.00 bits per heavy atom. The lowest BCUT2D eigenvalue weighted by Gasteiger charge is -2.34. The minimum atomic E-state index is -1.03. The number of hydrogen-bond acceptors (Lipinski definition) is 5. The van der Waals surface area contributed by atoms with Crippen LogP contribution in [0.15, 0.2) is 0 Å². The van der Waals surface area contributed by atoms with E-state index < -0.39 is 36.2 Å². The van der Waals surface area contributed by atoms with Crippen LogP contribution in [0, 0.1) is 0 Å². The van der Waals surface area contributed by atoms with Crippen molar-refractivity contribution in [1.29, 1.82) is 0 Å². The number of ether oxygens (including phenoxy) is 2. The molecule has 0 aromatic heterocycles. The first-order valence-electron chi connectivity index (χ1n) is 6.48. The van der Waals surface area contributed by atoms with E-state index in [1.54, 1.807) is 41.5 Å². The standard InChI is InChI=1S/C13H25NO5/c1-8-10(9(16)7-15)18-13(5,6)14(8)11(17)19-12(2,3)4/h8-10,15-16H,7H2,1-6H3/t8-,9?,10+/m1/s1. The molecule has 3 atom stereocenters. The van der Waals surface area contributed by atoms with Gasteiger partial charge in [0, 0.05) is 0 Å². The predicted molar refractivity (Wildman–Crippen MR) is 69.6 cm³/mol. The van der Waals surface area contributed by atoms with Gasteiger partial charge in [-0.2, -0.15) is 0 Å². The number of amides is 1. The molecule has 1 fully saturated rings. The van der Waals surface area contributed by atoms with E-state index in [9.17, 15) is 9.90 Å². The summed E-state index contributed by atoms with van der Waals surface area (Å²) in [6.07, 6.45) is -2.15. The maximum absolute atomic E-state index is 12.2. The topological polar surface area (TPSA) is 79.2 Å². The zero-order valence-corrected chi connectivity index (χ0v) is 12.5. The van der Waals surface area contributed by atoms with Crippen molar-refractivity contribution in [2.45, 2.75) is 71.1 Å². The van der Waals surface area contributed by atoms with Crippen LogP contribution in [0.4, 0.5) is 4.79 Å². The third-order valence-corrected chi connectivity index (χ3v) is 3.04. The van der Waals surface area contributed by atoms with Gasteiger partial charge in [-0.25, -0.2) is 4.79 Å². The maximum Gasteiger partial charge on any atom is 0.412 e. The third kappa shape index (κ3) is 3.58. The van der Waals surface area contributed by atoms with Crippen molar-refractivity contribution in [3.05, 3.63) is 0 Å². The summed E-state index contributed by atoms with van der Waals surface area (Å²) in [5.74, 6) is 0. The molecular formula is C13H25NO5. The molecule has 0 saturated carbocycles. The molecule has 6 nitrogen and oxygen atoms in total. The quantitative estimate of drug-likeness (QED) is 0.789. The second kappa shape index (κ2) is 5.26. The number of aliphatic hydroxyl groups is 2. The smallest absolute Gasteiger partial charge is 0.412 e. The van der Waals surface area contributed by atoms with Crippen molar-refractivity contribution in [3.8, 4) is 0 Å². The van der Waals surface area contributed by atoms with Gasteiger partial charge >= 0.3 is 6.09 Å². The van der Waals surface area contributed by atoms with Crippen LogP contribution in [0.5, 0.6) is 0 Å². The SMILES string of the molecule is C[C@@H]1[C@@H](C(O)CO)OC(C)(C)N1C(=O)OC(C)(C)C. The minimum Gasteiger partial charge on any atom is -0.444 e. The molecule has 112 valence electrons. The average molecular weight is 275 g/mol. The third-order valence-electron chi connectivity index (χ3n) is 3.04. The van der Waals surface area contributed by atoms with E-state index in [4.69, 9.17) is 14.6 Å². The molecule has 0 aromatic rings. The van der Waals surface area contributed by atoms with Crippen LogP contribution < -0.4 is 0 Å². The highest BCUT2D eigenvalue weighted by molar-refractivity contribution is 5.69. The summed E-state index contributed by atoms with van der Waals surface area (Å²) in [5.41, 5.74) is -1.48. The second-order valence-corrected chi connectivity index (χ2v) is 6.37. The molecule has 0 radical (unpaired) electrons. The zero-order chi connectivity index (χ0) is 15.0. The Bertz CT molecular complexity index is 336. The van der Waals surface area contributed by atoms with Gasteiger partial charge in [0.15, 0.2) is 0 Å². The molecule has 0 aromatic carbocycles. The molecule has 1 heterocycles. The summed E-state index contributed by atoms with van der Waals surface area (Å²) in [7, 11) is 0. The number of hydrogen-bond donors (Lipinski definition) is 2. The number of aliphatic hydroxyl groups excluding tert-OH is 2. The molecule has 0 aliphatic carbocycles. The Balaban J connectivity index is 2.90. The molecule has 6 heteroatoms. The molecule has 1 saturated heterocycles. The Morgan fingerprint density at radius 1 is 1.47 bits per heavy atom. The fraction of sp³-hybridized carbons (Fsp3) is 0.923. The molecule has 0 bridgehead atoms. The van der Waals surface area contributed by atoms with Gasteiger partial charge in [-0.05, 0) is 41.5 Å². The van der Waals surface area contributed by atoms with E-state index in [0.29, 0.717) is 0 Å². The summed E-state index contributed by atoms with van der Waals surface area (Å²) in [4.78, 5) is 13.7. The van der Waals surface area contributed by atoms with Gasteiger partial charge in [-0.15, -0.1) is 0 Å². The van der Waals surface area contributed by atoms with E-state index in [1.165, 1.54) is 4.90 Å². The van der Waals surface area contributed by atoms with Crippen LogP contribution in [0.3, 0.4) is 0 Å². The van der Waals surface area contributed by atoms with Crippen LogP contribution >= 0.6 is 0 Å². The molecule has 1 rings (SSSR count). The fourth-order valence-corrected chi connectivity index (χ4v) is 2.33. The number of carbonyl (C=O) groups excluding carboxylic acids is 1. The highest BCUT2D eigenvalue weighted by Crippen LogP contribution is 2.34. The molecule has 1 unspecified atom stereocenters. The lowest BCUT2D eigenvalue weighted by atomic mass is 10.1. The predicted octanol–water partition coefficient (Wildman–Crippen LogP) is 1.10. The summed E-state index contributed by atoms with van der Waals surface area (Å²) >= 11 is 0. The van der Waals surface area contributed by atoms with Crippen LogP contribution in [0.25, 0.3) is 0 Å². The summed E-state index contributed by atoms with van der Waals surface area (Å²) in [6.45, 7) is 10.2. The minimum absolute atomic E-state index is 0.382.